The van der Waals surface area contributed by atoms with E-state index in [1.54, 1.807) is 24.4 Å². The van der Waals surface area contributed by atoms with E-state index in [1.807, 2.05) is 24.8 Å². The molecule has 1 aromatic heterocycles. The number of aromatic hydroxyl groups is 1. The molecule has 0 saturated carbocycles. The fraction of sp³-hybridized carbons (Fsp3) is 0.429. The van der Waals surface area contributed by atoms with Gasteiger partial charge in [0.05, 0.1) is 13.2 Å². The Morgan fingerprint density at radius 2 is 2.20 bits per heavy atom. The van der Waals surface area contributed by atoms with Crippen molar-refractivity contribution in [3.05, 3.63) is 47.9 Å². The number of guanidine groups is 1. The monoisotopic (exact) mass is 529 g/mol. The normalized spacial score (nSPS) is 16.2. The first-order valence-corrected chi connectivity index (χ1v) is 9.95. The molecule has 7 nitrogen and oxygen atoms in total. The molecule has 1 unspecified atom stereocenters. The van der Waals surface area contributed by atoms with Crippen LogP contribution >= 0.6 is 24.0 Å². The van der Waals surface area contributed by atoms with Gasteiger partial charge in [-0.2, -0.15) is 0 Å². The van der Waals surface area contributed by atoms with Gasteiger partial charge < -0.3 is 25.4 Å². The number of phenols is 1. The quantitative estimate of drug-likeness (QED) is 0.290. The number of anilines is 1. The lowest BCUT2D eigenvalue weighted by Crippen LogP contribution is -2.44. The van der Waals surface area contributed by atoms with Crippen molar-refractivity contribution in [2.75, 3.05) is 31.1 Å². The van der Waals surface area contributed by atoms with Crippen molar-refractivity contribution in [2.24, 2.45) is 4.99 Å². The molecule has 1 aliphatic rings. The minimum atomic E-state index is -0.300. The maximum absolute atomic E-state index is 14.0. The van der Waals surface area contributed by atoms with Gasteiger partial charge in [0.15, 0.2) is 29.1 Å². The zero-order valence-corrected chi connectivity index (χ0v) is 19.6. The molecule has 30 heavy (non-hydrogen) atoms. The Bertz CT molecular complexity index is 852. The smallest absolute Gasteiger partial charge is 0.191 e. The van der Waals surface area contributed by atoms with Crippen molar-refractivity contribution in [3.63, 3.8) is 0 Å². The van der Waals surface area contributed by atoms with E-state index in [9.17, 15) is 9.50 Å². The molecule has 3 N–H and O–H groups in total. The van der Waals surface area contributed by atoms with Crippen LogP contribution in [0.2, 0.25) is 0 Å². The number of aliphatic imine (C=N–C) groups is 1. The summed E-state index contributed by atoms with van der Waals surface area (Å²) in [5.74, 6) is 1.38. The largest absolute Gasteiger partial charge is 0.504 e. The Morgan fingerprint density at radius 3 is 2.93 bits per heavy atom. The molecule has 164 valence electrons. The first-order valence-electron chi connectivity index (χ1n) is 9.95. The zero-order chi connectivity index (χ0) is 20.6. The standard InChI is InChI=1S/C21H28FN5O2.HI/c1-3-23-21(25-13-15-7-8-18(28)19(12-15)29-4-2)26-16-9-11-27(14-16)20-17(22)6-5-10-24-20;/h5-8,10,12,16,28H,3-4,9,11,13-14H2,1-2H3,(H2,23,25,26);1H. The number of nitrogens with one attached hydrogen (secondary N) is 2. The van der Waals surface area contributed by atoms with Gasteiger partial charge in [-0.15, -0.1) is 24.0 Å². The van der Waals surface area contributed by atoms with Gasteiger partial charge in [-0.25, -0.2) is 14.4 Å². The van der Waals surface area contributed by atoms with Gasteiger partial charge in [-0.1, -0.05) is 6.07 Å². The van der Waals surface area contributed by atoms with Gasteiger partial charge >= 0.3 is 0 Å². The van der Waals surface area contributed by atoms with Gasteiger partial charge in [0.1, 0.15) is 0 Å². The predicted molar refractivity (Wildman–Crippen MR) is 127 cm³/mol. The fourth-order valence-corrected chi connectivity index (χ4v) is 3.29. The molecule has 3 rings (SSSR count). The average molecular weight is 529 g/mol. The SMILES string of the molecule is CCNC(=NCc1ccc(O)c(OCC)c1)NC1CCN(c2ncccc2F)C1.I. The highest BCUT2D eigenvalue weighted by Gasteiger charge is 2.25. The van der Waals surface area contributed by atoms with Crippen LogP contribution < -0.4 is 20.3 Å². The van der Waals surface area contributed by atoms with E-state index in [2.05, 4.69) is 20.6 Å². The second-order valence-corrected chi connectivity index (χ2v) is 6.82. The van der Waals surface area contributed by atoms with Crippen LogP contribution in [-0.2, 0) is 6.54 Å². The molecule has 1 fully saturated rings. The first kappa shape index (κ1) is 24.0. The molecule has 0 amide bonds. The van der Waals surface area contributed by atoms with Crippen molar-refractivity contribution in [1.82, 2.24) is 15.6 Å². The van der Waals surface area contributed by atoms with Crippen LogP contribution in [0.3, 0.4) is 0 Å². The summed E-state index contributed by atoms with van der Waals surface area (Å²) >= 11 is 0. The second kappa shape index (κ2) is 11.8. The summed E-state index contributed by atoms with van der Waals surface area (Å²) in [6.07, 6.45) is 2.48. The third kappa shape index (κ3) is 6.35. The second-order valence-electron chi connectivity index (χ2n) is 6.82. The molecule has 9 heteroatoms. The molecule has 1 aromatic carbocycles. The molecule has 1 aliphatic heterocycles. The van der Waals surface area contributed by atoms with Crippen LogP contribution in [0.4, 0.5) is 10.2 Å². The van der Waals surface area contributed by atoms with E-state index in [-0.39, 0.29) is 41.6 Å². The van der Waals surface area contributed by atoms with Crippen LogP contribution in [0, 0.1) is 5.82 Å². The summed E-state index contributed by atoms with van der Waals surface area (Å²) < 4.78 is 19.4. The van der Waals surface area contributed by atoms with E-state index < -0.39 is 0 Å². The number of benzene rings is 1. The topological polar surface area (TPSA) is 82.0 Å². The van der Waals surface area contributed by atoms with Crippen LogP contribution in [0.25, 0.3) is 0 Å². The van der Waals surface area contributed by atoms with Crippen molar-refractivity contribution < 1.29 is 14.2 Å². The number of ether oxygens (including phenoxy) is 1. The minimum Gasteiger partial charge on any atom is -0.504 e. The third-order valence-electron chi connectivity index (χ3n) is 4.66. The minimum absolute atomic E-state index is 0. The van der Waals surface area contributed by atoms with Crippen molar-refractivity contribution in [1.29, 1.82) is 0 Å². The molecule has 0 radical (unpaired) electrons. The Hall–Kier alpha value is -2.30. The number of hydrogen-bond donors (Lipinski definition) is 3. The highest BCUT2D eigenvalue weighted by molar-refractivity contribution is 14.0. The lowest BCUT2D eigenvalue weighted by Gasteiger charge is -2.20. The van der Waals surface area contributed by atoms with Crippen LogP contribution in [-0.4, -0.2) is 48.3 Å². The summed E-state index contributed by atoms with van der Waals surface area (Å²) in [6, 6.07) is 8.42. The van der Waals surface area contributed by atoms with Gasteiger partial charge in [0.2, 0.25) is 0 Å². The maximum atomic E-state index is 14.0. The van der Waals surface area contributed by atoms with Gasteiger partial charge in [0, 0.05) is 31.9 Å². The van der Waals surface area contributed by atoms with E-state index in [4.69, 9.17) is 4.74 Å². The lowest BCUT2D eigenvalue weighted by atomic mass is 10.2. The zero-order valence-electron chi connectivity index (χ0n) is 17.3. The summed E-state index contributed by atoms with van der Waals surface area (Å²) in [6.45, 7) is 6.94. The van der Waals surface area contributed by atoms with Crippen molar-refractivity contribution >= 4 is 35.8 Å². The summed E-state index contributed by atoms with van der Waals surface area (Å²) in [5.41, 5.74) is 0.937. The van der Waals surface area contributed by atoms with E-state index in [0.29, 0.717) is 37.2 Å². The summed E-state index contributed by atoms with van der Waals surface area (Å²) in [5, 5.41) is 16.5. The van der Waals surface area contributed by atoms with Crippen LogP contribution in [0.5, 0.6) is 11.5 Å². The molecular formula is C21H29FIN5O2. The number of pyridine rings is 1. The molecule has 1 saturated heterocycles. The number of phenolic OH excluding ortho intramolecular Hbond substituents is 1. The highest BCUT2D eigenvalue weighted by Crippen LogP contribution is 2.27. The number of halogens is 2. The van der Waals surface area contributed by atoms with E-state index >= 15 is 0 Å². The average Bonchev–Trinajstić information content (AvgIpc) is 3.17. The molecular weight excluding hydrogens is 500 g/mol. The summed E-state index contributed by atoms with van der Waals surface area (Å²) in [4.78, 5) is 10.8. The Labute approximate surface area is 193 Å². The lowest BCUT2D eigenvalue weighted by molar-refractivity contribution is 0.318. The number of hydrogen-bond acceptors (Lipinski definition) is 5. The van der Waals surface area contributed by atoms with Crippen molar-refractivity contribution in [3.8, 4) is 11.5 Å². The number of nitrogens with zero attached hydrogens (tertiary/aromatic N) is 3. The van der Waals surface area contributed by atoms with Gasteiger partial charge in [-0.3, -0.25) is 0 Å². The van der Waals surface area contributed by atoms with Crippen LogP contribution in [0.1, 0.15) is 25.8 Å². The van der Waals surface area contributed by atoms with Crippen LogP contribution in [0.15, 0.2) is 41.5 Å². The molecule has 2 aromatic rings. The first-order chi connectivity index (χ1) is 14.1. The van der Waals surface area contributed by atoms with Crippen molar-refractivity contribution in [2.45, 2.75) is 32.9 Å². The van der Waals surface area contributed by atoms with Gasteiger partial charge in [-0.05, 0) is 50.1 Å². The van der Waals surface area contributed by atoms with E-state index in [0.717, 1.165) is 25.1 Å². The number of aromatic nitrogens is 1. The Morgan fingerprint density at radius 1 is 1.37 bits per heavy atom. The predicted octanol–water partition coefficient (Wildman–Crippen LogP) is 3.28. The Balaban J connectivity index is 0.00000320. The molecule has 0 bridgehead atoms. The molecule has 1 atom stereocenters. The van der Waals surface area contributed by atoms with E-state index in [1.165, 1.54) is 6.07 Å². The van der Waals surface area contributed by atoms with Gasteiger partial charge in [0.25, 0.3) is 0 Å². The molecule has 2 heterocycles. The summed E-state index contributed by atoms with van der Waals surface area (Å²) in [7, 11) is 0. The third-order valence-corrected chi connectivity index (χ3v) is 4.66. The fourth-order valence-electron chi connectivity index (χ4n) is 3.29. The Kier molecular flexibility index (Phi) is 9.41. The number of rotatable bonds is 7. The molecule has 0 aliphatic carbocycles. The maximum Gasteiger partial charge on any atom is 0.191 e. The highest BCUT2D eigenvalue weighted by atomic mass is 127. The molecule has 0 spiro atoms.